The standard InChI is InChI=1S/C24H31N3O3.C9H10O2/c1-16-4-9-21-20(12-16)19-10-11-26(3)22(23(19)27(21)25)17-5-7-18(8-6-17)30-15-24(2,13-28)14-29;1-3-11-9-6-4-8(10-2)5-7-9/h4-9,12,22,28-29H,10-11,13-15,25H2,1-3H3;3-7H,1H2,2H3. The minimum Gasteiger partial charge on any atom is -0.497 e. The van der Waals surface area contributed by atoms with Gasteiger partial charge in [0.05, 0.1) is 50.4 Å². The Bertz CT molecular complexity index is 1440. The summed E-state index contributed by atoms with van der Waals surface area (Å²) < 4.78 is 17.6. The normalized spacial score (nSPS) is 15.0. The molecule has 0 radical (unpaired) electrons. The molecule has 41 heavy (non-hydrogen) atoms. The summed E-state index contributed by atoms with van der Waals surface area (Å²) in [5.41, 5.74) is 5.29. The van der Waals surface area contributed by atoms with Crippen molar-refractivity contribution in [2.24, 2.45) is 5.41 Å². The molecule has 0 amide bonds. The number of aryl methyl sites for hydroxylation is 1. The molecule has 8 nitrogen and oxygen atoms in total. The monoisotopic (exact) mass is 559 g/mol. The van der Waals surface area contributed by atoms with Crippen LogP contribution in [0.2, 0.25) is 0 Å². The molecule has 0 fully saturated rings. The zero-order valence-electron chi connectivity index (χ0n) is 24.3. The van der Waals surface area contributed by atoms with E-state index in [9.17, 15) is 10.2 Å². The Labute approximate surface area is 242 Å². The summed E-state index contributed by atoms with van der Waals surface area (Å²) in [7, 11) is 3.76. The van der Waals surface area contributed by atoms with Crippen molar-refractivity contribution in [2.45, 2.75) is 26.3 Å². The minimum atomic E-state index is -0.657. The van der Waals surface area contributed by atoms with E-state index in [1.807, 2.05) is 41.1 Å². The van der Waals surface area contributed by atoms with E-state index in [1.54, 1.807) is 14.0 Å². The first-order chi connectivity index (χ1) is 19.7. The maximum Gasteiger partial charge on any atom is 0.126 e. The molecule has 0 spiro atoms. The van der Waals surface area contributed by atoms with Gasteiger partial charge in [0, 0.05) is 17.3 Å². The van der Waals surface area contributed by atoms with E-state index in [4.69, 9.17) is 20.1 Å². The molecule has 4 N–H and O–H groups in total. The average Bonchev–Trinajstić information content (AvgIpc) is 3.27. The minimum absolute atomic E-state index is 0.0701. The van der Waals surface area contributed by atoms with Crippen LogP contribution >= 0.6 is 0 Å². The number of benzene rings is 3. The number of fused-ring (bicyclic) bond motifs is 3. The molecule has 3 aromatic carbocycles. The number of hydrogen-bond acceptors (Lipinski definition) is 7. The first-order valence-corrected chi connectivity index (χ1v) is 13.7. The zero-order chi connectivity index (χ0) is 29.6. The number of hydrogen-bond donors (Lipinski definition) is 3. The van der Waals surface area contributed by atoms with Crippen molar-refractivity contribution in [3.8, 4) is 17.2 Å². The van der Waals surface area contributed by atoms with Crippen molar-refractivity contribution in [3.05, 3.63) is 102 Å². The molecule has 1 unspecified atom stereocenters. The third kappa shape index (κ3) is 6.68. The van der Waals surface area contributed by atoms with Gasteiger partial charge in [0.15, 0.2) is 0 Å². The molecule has 1 aromatic heterocycles. The third-order valence-corrected chi connectivity index (χ3v) is 7.55. The van der Waals surface area contributed by atoms with Crippen LogP contribution in [-0.2, 0) is 6.42 Å². The topological polar surface area (TPSA) is 102 Å². The maximum absolute atomic E-state index is 9.44. The number of nitrogens with zero attached hydrogens (tertiary/aromatic N) is 2. The van der Waals surface area contributed by atoms with Crippen LogP contribution in [0.3, 0.4) is 0 Å². The lowest BCUT2D eigenvalue weighted by atomic mass is 9.92. The fraction of sp³-hybridized carbons (Fsp3) is 0.333. The summed E-state index contributed by atoms with van der Waals surface area (Å²) in [6.07, 6.45) is 2.37. The molecule has 1 aliphatic heterocycles. The smallest absolute Gasteiger partial charge is 0.126 e. The lowest BCUT2D eigenvalue weighted by Crippen LogP contribution is -2.35. The van der Waals surface area contributed by atoms with Crippen molar-refractivity contribution < 1.29 is 24.4 Å². The highest BCUT2D eigenvalue weighted by Gasteiger charge is 2.32. The van der Waals surface area contributed by atoms with E-state index in [1.165, 1.54) is 22.8 Å². The van der Waals surface area contributed by atoms with Crippen LogP contribution in [0, 0.1) is 12.3 Å². The maximum atomic E-state index is 9.44. The van der Waals surface area contributed by atoms with E-state index < -0.39 is 5.41 Å². The van der Waals surface area contributed by atoms with E-state index in [0.29, 0.717) is 0 Å². The predicted molar refractivity (Wildman–Crippen MR) is 163 cm³/mol. The Morgan fingerprint density at radius 1 is 1.00 bits per heavy atom. The Balaban J connectivity index is 0.000000296. The van der Waals surface area contributed by atoms with Crippen LogP contribution in [0.15, 0.2) is 79.6 Å². The van der Waals surface area contributed by atoms with Gasteiger partial charge in [-0.1, -0.05) is 37.3 Å². The summed E-state index contributed by atoms with van der Waals surface area (Å²) >= 11 is 0. The van der Waals surface area contributed by atoms with E-state index in [0.717, 1.165) is 47.0 Å². The lowest BCUT2D eigenvalue weighted by molar-refractivity contribution is 0.0287. The Morgan fingerprint density at radius 2 is 1.63 bits per heavy atom. The van der Waals surface area contributed by atoms with Crippen molar-refractivity contribution >= 4 is 10.9 Å². The third-order valence-electron chi connectivity index (χ3n) is 7.55. The lowest BCUT2D eigenvalue weighted by Gasteiger charge is -2.34. The molecule has 2 heterocycles. The summed E-state index contributed by atoms with van der Waals surface area (Å²) in [5.74, 6) is 8.88. The molecule has 0 bridgehead atoms. The van der Waals surface area contributed by atoms with Gasteiger partial charge in [-0.05, 0) is 80.1 Å². The van der Waals surface area contributed by atoms with Crippen LogP contribution in [0.1, 0.15) is 35.3 Å². The molecule has 1 atom stereocenters. The van der Waals surface area contributed by atoms with Crippen LogP contribution in [0.25, 0.3) is 10.9 Å². The first kappa shape index (κ1) is 30.0. The van der Waals surface area contributed by atoms with Gasteiger partial charge in [0.1, 0.15) is 17.2 Å². The van der Waals surface area contributed by atoms with E-state index >= 15 is 0 Å². The molecule has 0 saturated carbocycles. The number of aliphatic hydroxyl groups is 2. The van der Waals surface area contributed by atoms with Gasteiger partial charge in [-0.25, -0.2) is 0 Å². The molecule has 1 aliphatic rings. The highest BCUT2D eigenvalue weighted by atomic mass is 16.5. The Kier molecular flexibility index (Phi) is 9.60. The highest BCUT2D eigenvalue weighted by Crippen LogP contribution is 2.39. The number of aliphatic hydroxyl groups excluding tert-OH is 2. The largest absolute Gasteiger partial charge is 0.497 e. The highest BCUT2D eigenvalue weighted by molar-refractivity contribution is 5.87. The van der Waals surface area contributed by atoms with Gasteiger partial charge in [0.25, 0.3) is 0 Å². The van der Waals surface area contributed by atoms with Crippen LogP contribution in [0.4, 0.5) is 0 Å². The number of rotatable bonds is 9. The van der Waals surface area contributed by atoms with Crippen LogP contribution in [-0.4, -0.2) is 60.3 Å². The summed E-state index contributed by atoms with van der Waals surface area (Å²) in [6.45, 7) is 8.32. The molecular weight excluding hydrogens is 518 g/mol. The van der Waals surface area contributed by atoms with Gasteiger partial charge >= 0.3 is 0 Å². The second kappa shape index (κ2) is 13.1. The quantitative estimate of drug-likeness (QED) is 0.199. The van der Waals surface area contributed by atoms with Crippen LogP contribution in [0.5, 0.6) is 17.2 Å². The van der Waals surface area contributed by atoms with E-state index in [2.05, 4.69) is 55.8 Å². The molecular formula is C33H41N3O5. The fourth-order valence-corrected chi connectivity index (χ4v) is 5.01. The Morgan fingerprint density at radius 3 is 2.24 bits per heavy atom. The van der Waals surface area contributed by atoms with E-state index in [-0.39, 0.29) is 25.9 Å². The molecule has 8 heteroatoms. The molecule has 0 saturated heterocycles. The second-order valence-electron chi connectivity index (χ2n) is 10.8. The van der Waals surface area contributed by atoms with Crippen molar-refractivity contribution in [1.82, 2.24) is 9.58 Å². The average molecular weight is 560 g/mol. The van der Waals surface area contributed by atoms with Gasteiger partial charge in [0.2, 0.25) is 0 Å². The predicted octanol–water partition coefficient (Wildman–Crippen LogP) is 4.83. The number of ether oxygens (including phenoxy) is 3. The number of nitrogens with two attached hydrogens (primary N) is 1. The number of aromatic nitrogens is 1. The van der Waals surface area contributed by atoms with Gasteiger partial charge < -0.3 is 30.3 Å². The number of nitrogen functional groups attached to an aromatic ring is 1. The van der Waals surface area contributed by atoms with Crippen LogP contribution < -0.4 is 20.1 Å². The van der Waals surface area contributed by atoms with Gasteiger partial charge in [-0.3, -0.25) is 9.58 Å². The number of methoxy groups -OCH3 is 1. The fourth-order valence-electron chi connectivity index (χ4n) is 5.01. The SMILES string of the molecule is C=COc1ccc(OC)cc1.Cc1ccc2c(c1)c1c(n2N)C(c2ccc(OCC(C)(CO)CO)cc2)N(C)CC1. The molecule has 4 aromatic rings. The summed E-state index contributed by atoms with van der Waals surface area (Å²) in [4.78, 5) is 2.34. The van der Waals surface area contributed by atoms with Gasteiger partial charge in [-0.15, -0.1) is 0 Å². The Hall–Kier alpha value is -3.98. The van der Waals surface area contributed by atoms with Crippen molar-refractivity contribution in [1.29, 1.82) is 0 Å². The molecule has 5 rings (SSSR count). The number of likely N-dealkylation sites (N-methyl/N-ethyl adjacent to an activating group) is 1. The second-order valence-corrected chi connectivity index (χ2v) is 10.8. The summed E-state index contributed by atoms with van der Waals surface area (Å²) in [5, 5.41) is 20.1. The first-order valence-electron chi connectivity index (χ1n) is 13.7. The molecule has 0 aliphatic carbocycles. The summed E-state index contributed by atoms with van der Waals surface area (Å²) in [6, 6.07) is 21.9. The van der Waals surface area contributed by atoms with Crippen molar-refractivity contribution in [3.63, 3.8) is 0 Å². The van der Waals surface area contributed by atoms with Crippen molar-refractivity contribution in [2.75, 3.05) is 46.4 Å². The molecule has 218 valence electrons. The van der Waals surface area contributed by atoms with Gasteiger partial charge in [-0.2, -0.15) is 0 Å². The zero-order valence-corrected chi connectivity index (χ0v) is 24.3.